The van der Waals surface area contributed by atoms with Gasteiger partial charge in [-0.2, -0.15) is 0 Å². The van der Waals surface area contributed by atoms with Gasteiger partial charge in [0.1, 0.15) is 0 Å². The summed E-state index contributed by atoms with van der Waals surface area (Å²) >= 11 is 0. The maximum atomic E-state index is 2.47. The molecule has 0 fully saturated rings. The van der Waals surface area contributed by atoms with E-state index in [0.717, 1.165) is 0 Å². The van der Waals surface area contributed by atoms with E-state index in [4.69, 9.17) is 0 Å². The molecule has 0 amide bonds. The number of hydrogen-bond donors (Lipinski definition) is 0. The Kier molecular flexibility index (Phi) is 4.19. The van der Waals surface area contributed by atoms with Crippen LogP contribution in [0.15, 0.2) is 84.9 Å². The van der Waals surface area contributed by atoms with Gasteiger partial charge in [-0.1, -0.05) is 54.6 Å². The first-order valence-corrected chi connectivity index (χ1v) is 11.6. The largest absolute Gasteiger partial charge is 0.338 e. The standard InChI is InChI=1S/C30H28N2/c1-19(2)31-26-13-7-5-10-23(26)25-18-21(16-17-28(25)31)22-12-9-15-29-30(22)24-11-6-8-14-27(24)32(29)20(3)4/h5-20H,1-4H3. The van der Waals surface area contributed by atoms with Crippen LogP contribution < -0.4 is 0 Å². The molecule has 6 rings (SSSR count). The average molecular weight is 417 g/mol. The summed E-state index contributed by atoms with van der Waals surface area (Å²) in [5, 5.41) is 5.34. The van der Waals surface area contributed by atoms with Crippen LogP contribution in [0.1, 0.15) is 39.8 Å². The molecule has 0 bridgehead atoms. The summed E-state index contributed by atoms with van der Waals surface area (Å²) in [7, 11) is 0. The molecule has 4 aromatic carbocycles. The first-order chi connectivity index (χ1) is 15.6. The van der Waals surface area contributed by atoms with Crippen LogP contribution in [0.25, 0.3) is 54.7 Å². The molecule has 0 unspecified atom stereocenters. The second-order valence-electron chi connectivity index (χ2n) is 9.39. The lowest BCUT2D eigenvalue weighted by atomic mass is 9.98. The highest BCUT2D eigenvalue weighted by molar-refractivity contribution is 6.16. The van der Waals surface area contributed by atoms with Crippen LogP contribution in [0.5, 0.6) is 0 Å². The molecule has 2 aromatic heterocycles. The monoisotopic (exact) mass is 416 g/mol. The van der Waals surface area contributed by atoms with Gasteiger partial charge in [0.15, 0.2) is 0 Å². The third-order valence-electron chi connectivity index (χ3n) is 6.79. The molecule has 0 spiro atoms. The molecular formula is C30H28N2. The van der Waals surface area contributed by atoms with Gasteiger partial charge in [0.2, 0.25) is 0 Å². The van der Waals surface area contributed by atoms with E-state index in [2.05, 4.69) is 122 Å². The van der Waals surface area contributed by atoms with Crippen molar-refractivity contribution in [3.63, 3.8) is 0 Å². The topological polar surface area (TPSA) is 9.86 Å². The van der Waals surface area contributed by atoms with Gasteiger partial charge < -0.3 is 9.13 Å². The maximum Gasteiger partial charge on any atom is 0.0500 e. The Morgan fingerprint density at radius 3 is 1.78 bits per heavy atom. The van der Waals surface area contributed by atoms with Crippen LogP contribution in [0.4, 0.5) is 0 Å². The molecule has 0 aliphatic rings. The second kappa shape index (κ2) is 7.00. The number of benzene rings is 4. The molecule has 0 radical (unpaired) electrons. The highest BCUT2D eigenvalue weighted by Crippen LogP contribution is 2.40. The minimum Gasteiger partial charge on any atom is -0.338 e. The summed E-state index contributed by atoms with van der Waals surface area (Å²) in [5.74, 6) is 0. The van der Waals surface area contributed by atoms with Crippen molar-refractivity contribution in [1.29, 1.82) is 0 Å². The molecule has 0 aliphatic heterocycles. The zero-order valence-corrected chi connectivity index (χ0v) is 19.1. The van der Waals surface area contributed by atoms with E-state index in [1.807, 2.05) is 0 Å². The van der Waals surface area contributed by atoms with Crippen LogP contribution in [0, 0.1) is 0 Å². The van der Waals surface area contributed by atoms with E-state index in [9.17, 15) is 0 Å². The van der Waals surface area contributed by atoms with Crippen molar-refractivity contribution in [3.8, 4) is 11.1 Å². The molecule has 158 valence electrons. The van der Waals surface area contributed by atoms with Crippen molar-refractivity contribution in [2.75, 3.05) is 0 Å². The minimum atomic E-state index is 0.402. The van der Waals surface area contributed by atoms with Gasteiger partial charge in [-0.25, -0.2) is 0 Å². The zero-order chi connectivity index (χ0) is 22.0. The normalized spacial score (nSPS) is 12.3. The molecule has 2 nitrogen and oxygen atoms in total. The van der Waals surface area contributed by atoms with Crippen molar-refractivity contribution < 1.29 is 0 Å². The van der Waals surface area contributed by atoms with Crippen molar-refractivity contribution in [2.45, 2.75) is 39.8 Å². The SMILES string of the molecule is CC(C)n1c2ccccc2c2cc(-c3cccc4c3c3ccccc3n4C(C)C)ccc21. The van der Waals surface area contributed by atoms with Crippen LogP contribution in [0.2, 0.25) is 0 Å². The van der Waals surface area contributed by atoms with Crippen molar-refractivity contribution in [2.24, 2.45) is 0 Å². The van der Waals surface area contributed by atoms with Crippen LogP contribution >= 0.6 is 0 Å². The lowest BCUT2D eigenvalue weighted by Crippen LogP contribution is -1.99. The fraction of sp³-hybridized carbons (Fsp3) is 0.200. The number of aromatic nitrogens is 2. The lowest BCUT2D eigenvalue weighted by molar-refractivity contribution is 0.642. The Morgan fingerprint density at radius 2 is 1.06 bits per heavy atom. The Balaban J connectivity index is 1.71. The highest BCUT2D eigenvalue weighted by atomic mass is 15.0. The predicted octanol–water partition coefficient (Wildman–Crippen LogP) is 8.73. The van der Waals surface area contributed by atoms with Gasteiger partial charge in [0.05, 0.1) is 0 Å². The molecule has 0 saturated carbocycles. The van der Waals surface area contributed by atoms with Crippen molar-refractivity contribution in [3.05, 3.63) is 84.9 Å². The summed E-state index contributed by atoms with van der Waals surface area (Å²) in [6.07, 6.45) is 0. The van der Waals surface area contributed by atoms with Gasteiger partial charge >= 0.3 is 0 Å². The van der Waals surface area contributed by atoms with Crippen LogP contribution in [0.3, 0.4) is 0 Å². The number of hydrogen-bond acceptors (Lipinski definition) is 0. The zero-order valence-electron chi connectivity index (χ0n) is 19.1. The molecule has 32 heavy (non-hydrogen) atoms. The molecule has 2 heterocycles. The van der Waals surface area contributed by atoms with E-state index < -0.39 is 0 Å². The summed E-state index contributed by atoms with van der Waals surface area (Å²) in [6, 6.07) is 32.2. The minimum absolute atomic E-state index is 0.402. The Labute approximate surface area is 188 Å². The molecular weight excluding hydrogens is 388 g/mol. The van der Waals surface area contributed by atoms with Gasteiger partial charge in [-0.15, -0.1) is 0 Å². The first kappa shape index (κ1) is 19.2. The fourth-order valence-corrected chi connectivity index (χ4v) is 5.57. The fourth-order valence-electron chi connectivity index (χ4n) is 5.57. The summed E-state index contributed by atoms with van der Waals surface area (Å²) in [6.45, 7) is 9.07. The average Bonchev–Trinajstić information content (AvgIpc) is 3.31. The highest BCUT2D eigenvalue weighted by Gasteiger charge is 2.18. The van der Waals surface area contributed by atoms with Crippen LogP contribution in [-0.4, -0.2) is 9.13 Å². The quantitative estimate of drug-likeness (QED) is 0.273. The van der Waals surface area contributed by atoms with E-state index in [1.165, 1.54) is 54.7 Å². The Hall–Kier alpha value is -3.52. The maximum absolute atomic E-state index is 2.47. The smallest absolute Gasteiger partial charge is 0.0500 e. The predicted molar refractivity (Wildman–Crippen MR) is 139 cm³/mol. The first-order valence-electron chi connectivity index (χ1n) is 11.6. The van der Waals surface area contributed by atoms with E-state index in [-0.39, 0.29) is 0 Å². The Morgan fingerprint density at radius 1 is 0.500 bits per heavy atom. The molecule has 2 heteroatoms. The van der Waals surface area contributed by atoms with Gasteiger partial charge in [0, 0.05) is 55.7 Å². The third-order valence-corrected chi connectivity index (χ3v) is 6.79. The second-order valence-corrected chi connectivity index (χ2v) is 9.39. The van der Waals surface area contributed by atoms with Crippen molar-refractivity contribution in [1.82, 2.24) is 9.13 Å². The van der Waals surface area contributed by atoms with E-state index in [1.54, 1.807) is 0 Å². The van der Waals surface area contributed by atoms with Crippen LogP contribution in [-0.2, 0) is 0 Å². The molecule has 0 N–H and O–H groups in total. The molecule has 0 aliphatic carbocycles. The number of rotatable bonds is 3. The number of fused-ring (bicyclic) bond motifs is 6. The van der Waals surface area contributed by atoms with Gasteiger partial charge in [-0.05, 0) is 69.2 Å². The molecule has 0 saturated heterocycles. The van der Waals surface area contributed by atoms with E-state index in [0.29, 0.717) is 12.1 Å². The summed E-state index contributed by atoms with van der Waals surface area (Å²) < 4.78 is 4.93. The van der Waals surface area contributed by atoms with Gasteiger partial charge in [0.25, 0.3) is 0 Å². The summed E-state index contributed by atoms with van der Waals surface area (Å²) in [5.41, 5.74) is 7.82. The number of para-hydroxylation sites is 2. The molecule has 6 aromatic rings. The Bertz CT molecular complexity index is 1630. The van der Waals surface area contributed by atoms with Crippen molar-refractivity contribution >= 4 is 43.6 Å². The molecule has 0 atom stereocenters. The van der Waals surface area contributed by atoms with E-state index >= 15 is 0 Å². The lowest BCUT2D eigenvalue weighted by Gasteiger charge is -2.13. The third kappa shape index (κ3) is 2.59. The summed E-state index contributed by atoms with van der Waals surface area (Å²) in [4.78, 5) is 0. The number of nitrogens with zero attached hydrogens (tertiary/aromatic N) is 2. The van der Waals surface area contributed by atoms with Gasteiger partial charge in [-0.3, -0.25) is 0 Å².